The van der Waals surface area contributed by atoms with Gasteiger partial charge in [-0.3, -0.25) is 0 Å². The number of hydrogen-bond acceptors (Lipinski definition) is 3. The van der Waals surface area contributed by atoms with E-state index in [2.05, 4.69) is 19.0 Å². The fraction of sp³-hybridized carbons (Fsp3) is 0.455. The van der Waals surface area contributed by atoms with Gasteiger partial charge in [0, 0.05) is 18.1 Å². The van der Waals surface area contributed by atoms with Gasteiger partial charge < -0.3 is 9.47 Å². The fourth-order valence-corrected chi connectivity index (χ4v) is 3.48. The molecule has 0 spiro atoms. The summed E-state index contributed by atoms with van der Waals surface area (Å²) in [5.74, 6) is 4.10. The van der Waals surface area contributed by atoms with Crippen LogP contribution in [0, 0.1) is 0 Å². The largest absolute Gasteiger partial charge is 0.509 e. The Labute approximate surface area is 91.7 Å². The van der Waals surface area contributed by atoms with Crippen molar-refractivity contribution in [3.63, 3.8) is 0 Å². The molecule has 2 aliphatic rings. The maximum Gasteiger partial charge on any atom is 0.509 e. The molecular formula is C11H14O3S. The van der Waals surface area contributed by atoms with Gasteiger partial charge in [-0.2, -0.15) is 10.5 Å². The van der Waals surface area contributed by atoms with Gasteiger partial charge in [-0.15, -0.1) is 0 Å². The summed E-state index contributed by atoms with van der Waals surface area (Å²) in [5.41, 5.74) is 0. The quantitative estimate of drug-likeness (QED) is 0.421. The monoisotopic (exact) mass is 226 g/mol. The van der Waals surface area contributed by atoms with E-state index in [1.807, 2.05) is 0 Å². The molecule has 0 radical (unpaired) electrons. The third kappa shape index (κ3) is 1.86. The van der Waals surface area contributed by atoms with E-state index in [9.17, 15) is 4.79 Å². The minimum Gasteiger partial charge on any atom is -0.427 e. The Kier molecular flexibility index (Phi) is 2.69. The number of ether oxygens (including phenoxy) is 2. The van der Waals surface area contributed by atoms with Crippen molar-refractivity contribution < 1.29 is 14.3 Å². The van der Waals surface area contributed by atoms with Crippen molar-refractivity contribution in [2.75, 3.05) is 0 Å². The van der Waals surface area contributed by atoms with Gasteiger partial charge in [0.1, 0.15) is 12.2 Å². The molecule has 15 heavy (non-hydrogen) atoms. The number of carbonyl (C=O) groups excluding carboxylic acids is 1. The van der Waals surface area contributed by atoms with Gasteiger partial charge in [-0.25, -0.2) is 4.79 Å². The van der Waals surface area contributed by atoms with Crippen molar-refractivity contribution in [1.29, 1.82) is 0 Å². The van der Waals surface area contributed by atoms with Gasteiger partial charge in [0.25, 0.3) is 0 Å². The molecular weight excluding hydrogens is 212 g/mol. The maximum atomic E-state index is 10.8. The van der Waals surface area contributed by atoms with E-state index in [1.165, 1.54) is 0 Å². The van der Waals surface area contributed by atoms with Crippen molar-refractivity contribution in [2.24, 2.45) is 0 Å². The minimum absolute atomic E-state index is 0.0723. The zero-order valence-electron chi connectivity index (χ0n) is 8.48. The van der Waals surface area contributed by atoms with Crippen LogP contribution in [0.3, 0.4) is 0 Å². The predicted molar refractivity (Wildman–Crippen MR) is 62.2 cm³/mol. The van der Waals surface area contributed by atoms with Crippen LogP contribution in [-0.2, 0) is 9.47 Å². The van der Waals surface area contributed by atoms with E-state index in [0.29, 0.717) is 5.25 Å². The van der Waals surface area contributed by atoms with Gasteiger partial charge in [0.05, 0.1) is 0 Å². The standard InChI is InChI=1S/C11H14O3S/c1-4-7(2)15(3)8-5-9-10(6-8)14-11(12)13-9/h4,8-10H,1-3,5-6H2. The fourth-order valence-electron chi connectivity index (χ4n) is 1.99. The Hall–Kier alpha value is -1.03. The molecule has 2 fully saturated rings. The van der Waals surface area contributed by atoms with Crippen LogP contribution >= 0.6 is 10.5 Å². The van der Waals surface area contributed by atoms with Crippen LogP contribution in [0.15, 0.2) is 24.1 Å². The highest BCUT2D eigenvalue weighted by molar-refractivity contribution is 8.18. The van der Waals surface area contributed by atoms with Crippen molar-refractivity contribution in [3.8, 4) is 0 Å². The number of allylic oxidation sites excluding steroid dienone is 1. The first kappa shape index (κ1) is 10.5. The molecule has 0 bridgehead atoms. The van der Waals surface area contributed by atoms with E-state index in [4.69, 9.17) is 9.47 Å². The van der Waals surface area contributed by atoms with E-state index in [0.717, 1.165) is 17.7 Å². The van der Waals surface area contributed by atoms with Crippen molar-refractivity contribution in [3.05, 3.63) is 24.1 Å². The molecule has 2 rings (SSSR count). The molecule has 3 atom stereocenters. The number of carbonyl (C=O) groups is 1. The lowest BCUT2D eigenvalue weighted by molar-refractivity contribution is 0.110. The predicted octanol–water partition coefficient (Wildman–Crippen LogP) is 2.45. The minimum atomic E-state index is -0.532. The van der Waals surface area contributed by atoms with Crippen molar-refractivity contribution in [2.45, 2.75) is 30.3 Å². The lowest BCUT2D eigenvalue weighted by Crippen LogP contribution is -2.13. The van der Waals surface area contributed by atoms with Gasteiger partial charge in [0.2, 0.25) is 0 Å². The zero-order chi connectivity index (χ0) is 11.0. The average Bonchev–Trinajstić information content (AvgIpc) is 2.72. The summed E-state index contributed by atoms with van der Waals surface area (Å²) in [6.45, 7) is 7.60. The molecule has 1 saturated carbocycles. The van der Waals surface area contributed by atoms with E-state index >= 15 is 0 Å². The molecule has 0 N–H and O–H groups in total. The van der Waals surface area contributed by atoms with E-state index in [1.54, 1.807) is 6.08 Å². The molecule has 1 aliphatic heterocycles. The van der Waals surface area contributed by atoms with E-state index in [-0.39, 0.29) is 22.7 Å². The molecule has 1 saturated heterocycles. The van der Waals surface area contributed by atoms with Gasteiger partial charge >= 0.3 is 6.16 Å². The Morgan fingerprint density at radius 1 is 1.40 bits per heavy atom. The van der Waals surface area contributed by atoms with Crippen LogP contribution in [0.5, 0.6) is 0 Å². The maximum absolute atomic E-state index is 10.8. The summed E-state index contributed by atoms with van der Waals surface area (Å²) in [6, 6.07) is 0. The number of fused-ring (bicyclic) bond motifs is 1. The van der Waals surface area contributed by atoms with Crippen LogP contribution in [0.25, 0.3) is 0 Å². The molecule has 0 aromatic carbocycles. The van der Waals surface area contributed by atoms with Crippen LogP contribution < -0.4 is 0 Å². The summed E-state index contributed by atoms with van der Waals surface area (Å²) in [6.07, 6.45) is 2.73. The summed E-state index contributed by atoms with van der Waals surface area (Å²) >= 11 is 0. The van der Waals surface area contributed by atoms with Crippen LogP contribution in [0.4, 0.5) is 4.79 Å². The normalized spacial score (nSPS) is 35.2. The number of hydrogen-bond donors (Lipinski definition) is 0. The second-order valence-electron chi connectivity index (χ2n) is 3.76. The SMILES string of the molecule is C=CC(=C)S(=C)C1CC2OC(=O)OC2C1. The topological polar surface area (TPSA) is 35.5 Å². The van der Waals surface area contributed by atoms with Crippen LogP contribution in [0.2, 0.25) is 0 Å². The van der Waals surface area contributed by atoms with E-state index < -0.39 is 6.16 Å². The second kappa shape index (κ2) is 3.85. The lowest BCUT2D eigenvalue weighted by Gasteiger charge is -2.15. The summed E-state index contributed by atoms with van der Waals surface area (Å²) in [4.78, 5) is 11.8. The highest BCUT2D eigenvalue weighted by Gasteiger charge is 2.45. The van der Waals surface area contributed by atoms with Crippen molar-refractivity contribution >= 4 is 22.5 Å². The summed E-state index contributed by atoms with van der Waals surface area (Å²) < 4.78 is 10.1. The molecule has 1 heterocycles. The van der Waals surface area contributed by atoms with Crippen molar-refractivity contribution in [1.82, 2.24) is 0 Å². The molecule has 0 amide bonds. The van der Waals surface area contributed by atoms with Crippen LogP contribution in [0.1, 0.15) is 12.8 Å². The number of rotatable bonds is 3. The highest BCUT2D eigenvalue weighted by Crippen LogP contribution is 2.42. The summed E-state index contributed by atoms with van der Waals surface area (Å²) in [5, 5.41) is 0.401. The Morgan fingerprint density at radius 3 is 2.40 bits per heavy atom. The van der Waals surface area contributed by atoms with Gasteiger partial charge in [-0.1, -0.05) is 25.1 Å². The molecule has 1 aliphatic carbocycles. The first-order valence-corrected chi connectivity index (χ1v) is 6.29. The lowest BCUT2D eigenvalue weighted by atomic mass is 10.3. The van der Waals surface area contributed by atoms with Crippen LogP contribution in [-0.4, -0.2) is 29.5 Å². The third-order valence-corrected chi connectivity index (χ3v) is 4.90. The Balaban J connectivity index is 2.00. The average molecular weight is 226 g/mol. The summed E-state index contributed by atoms with van der Waals surface area (Å²) in [7, 11) is -0.144. The van der Waals surface area contributed by atoms with Gasteiger partial charge in [0.15, 0.2) is 0 Å². The highest BCUT2D eigenvalue weighted by atomic mass is 32.2. The first-order valence-electron chi connectivity index (χ1n) is 4.83. The second-order valence-corrected chi connectivity index (χ2v) is 5.80. The smallest absolute Gasteiger partial charge is 0.427 e. The molecule has 3 nitrogen and oxygen atoms in total. The molecule has 4 heteroatoms. The molecule has 0 aromatic heterocycles. The molecule has 0 aromatic rings. The molecule has 82 valence electrons. The van der Waals surface area contributed by atoms with Gasteiger partial charge in [-0.05, 0) is 4.91 Å². The third-order valence-electron chi connectivity index (χ3n) is 2.87. The Bertz CT molecular complexity index is 332. The zero-order valence-corrected chi connectivity index (χ0v) is 9.29. The Morgan fingerprint density at radius 2 is 1.93 bits per heavy atom. The molecule has 3 unspecified atom stereocenters. The first-order chi connectivity index (χ1) is 7.11.